The summed E-state index contributed by atoms with van der Waals surface area (Å²) in [6.07, 6.45) is 3.51. The van der Waals surface area contributed by atoms with Crippen LogP contribution in [0.1, 0.15) is 25.9 Å². The van der Waals surface area contributed by atoms with E-state index in [0.29, 0.717) is 27.2 Å². The fraction of sp³-hybridized carbons (Fsp3) is 0.333. The van der Waals surface area contributed by atoms with Crippen LogP contribution in [0.25, 0.3) is 10.2 Å². The van der Waals surface area contributed by atoms with Gasteiger partial charge in [-0.2, -0.15) is 11.8 Å². The van der Waals surface area contributed by atoms with E-state index in [1.54, 1.807) is 37.1 Å². The van der Waals surface area contributed by atoms with Gasteiger partial charge >= 0.3 is 0 Å². The van der Waals surface area contributed by atoms with Crippen LogP contribution in [0, 0.1) is 6.92 Å². The Bertz CT molecular complexity index is 957. The Hall–Kier alpha value is -1.71. The van der Waals surface area contributed by atoms with Crippen molar-refractivity contribution < 1.29 is 4.79 Å². The van der Waals surface area contributed by atoms with Gasteiger partial charge in [-0.15, -0.1) is 22.7 Å². The van der Waals surface area contributed by atoms with Gasteiger partial charge in [-0.05, 0) is 18.7 Å². The topological polar surface area (TPSA) is 76.9 Å². The maximum Gasteiger partial charge on any atom is 0.262 e. The van der Waals surface area contributed by atoms with Gasteiger partial charge in [0, 0.05) is 18.2 Å². The van der Waals surface area contributed by atoms with E-state index in [0.717, 1.165) is 16.5 Å². The third kappa shape index (κ3) is 3.24. The van der Waals surface area contributed by atoms with Crippen LogP contribution in [0.5, 0.6) is 0 Å². The zero-order valence-electron chi connectivity index (χ0n) is 13.5. The Kier molecular flexibility index (Phi) is 5.02. The van der Waals surface area contributed by atoms with E-state index in [1.165, 1.54) is 22.2 Å². The van der Waals surface area contributed by atoms with Gasteiger partial charge in [-0.1, -0.05) is 0 Å². The number of thiophene rings is 1. The third-order valence-corrected chi connectivity index (χ3v) is 6.36. The summed E-state index contributed by atoms with van der Waals surface area (Å²) < 4.78 is 1.42. The van der Waals surface area contributed by atoms with Gasteiger partial charge in [0.1, 0.15) is 9.84 Å². The number of nitrogens with zero attached hydrogens (tertiary/aromatic N) is 3. The number of carbonyl (C=O) groups is 1. The number of thiazole rings is 1. The summed E-state index contributed by atoms with van der Waals surface area (Å²) in [5.41, 5.74) is 1.40. The van der Waals surface area contributed by atoms with Crippen molar-refractivity contribution in [2.75, 3.05) is 6.26 Å². The number of carbonyl (C=O) groups excluding carboxylic acids is 1. The highest BCUT2D eigenvalue weighted by atomic mass is 32.2. The first-order valence-corrected chi connectivity index (χ1v) is 10.3. The summed E-state index contributed by atoms with van der Waals surface area (Å²) in [6, 6.07) is 0. The van der Waals surface area contributed by atoms with E-state index in [9.17, 15) is 9.59 Å². The van der Waals surface area contributed by atoms with Gasteiger partial charge in [-0.3, -0.25) is 9.59 Å². The third-order valence-electron chi connectivity index (χ3n) is 3.51. The molecule has 0 unspecified atom stereocenters. The second-order valence-electron chi connectivity index (χ2n) is 5.25. The van der Waals surface area contributed by atoms with Crippen molar-refractivity contribution in [2.24, 2.45) is 7.05 Å². The Morgan fingerprint density at radius 3 is 3.00 bits per heavy atom. The molecule has 126 valence electrons. The summed E-state index contributed by atoms with van der Waals surface area (Å²) in [5.74, 6) is 0.681. The molecule has 0 aliphatic rings. The number of nitrogens with one attached hydrogen (secondary N) is 1. The van der Waals surface area contributed by atoms with Crippen LogP contribution in [-0.2, 0) is 19.3 Å². The van der Waals surface area contributed by atoms with Crippen LogP contribution in [-0.4, -0.2) is 26.7 Å². The average molecular weight is 381 g/mol. The van der Waals surface area contributed by atoms with Crippen molar-refractivity contribution in [2.45, 2.75) is 19.2 Å². The summed E-state index contributed by atoms with van der Waals surface area (Å²) in [7, 11) is 1.65. The van der Waals surface area contributed by atoms with E-state index in [4.69, 9.17) is 0 Å². The molecule has 3 rings (SSSR count). The molecule has 1 N–H and O–H groups in total. The molecule has 0 fully saturated rings. The molecule has 0 saturated carbocycles. The highest BCUT2D eigenvalue weighted by Crippen LogP contribution is 2.26. The SMILES string of the molecule is CSCc1nc(CNC(=O)c2sc3ncn(C)c(=O)c3c2C)cs1. The molecule has 0 aliphatic heterocycles. The monoisotopic (exact) mass is 380 g/mol. The van der Waals surface area contributed by atoms with Crippen LogP contribution < -0.4 is 10.9 Å². The number of aromatic nitrogens is 3. The van der Waals surface area contributed by atoms with Crippen molar-refractivity contribution in [1.29, 1.82) is 0 Å². The molecule has 0 spiro atoms. The molecule has 0 aliphatic carbocycles. The second kappa shape index (κ2) is 7.04. The Balaban J connectivity index is 1.80. The number of hydrogen-bond donors (Lipinski definition) is 1. The molecular formula is C15H16N4O2S3. The molecule has 3 heterocycles. The number of thioether (sulfide) groups is 1. The Morgan fingerprint density at radius 2 is 2.25 bits per heavy atom. The molecule has 1 amide bonds. The zero-order valence-corrected chi connectivity index (χ0v) is 15.9. The normalized spacial score (nSPS) is 11.1. The first-order chi connectivity index (χ1) is 11.5. The molecule has 9 heteroatoms. The number of aryl methyl sites for hydroxylation is 2. The lowest BCUT2D eigenvalue weighted by atomic mass is 10.2. The fourth-order valence-electron chi connectivity index (χ4n) is 2.30. The summed E-state index contributed by atoms with van der Waals surface area (Å²) in [5, 5.41) is 6.41. The molecule has 3 aromatic rings. The van der Waals surface area contributed by atoms with Crippen LogP contribution in [0.15, 0.2) is 16.5 Å². The number of rotatable bonds is 5. The van der Waals surface area contributed by atoms with Gasteiger partial charge in [0.25, 0.3) is 11.5 Å². The molecule has 0 aromatic carbocycles. The highest BCUT2D eigenvalue weighted by molar-refractivity contribution is 7.97. The summed E-state index contributed by atoms with van der Waals surface area (Å²) >= 11 is 4.56. The second-order valence-corrected chi connectivity index (χ2v) is 8.05. The number of amides is 1. The largest absolute Gasteiger partial charge is 0.346 e. The van der Waals surface area contributed by atoms with E-state index in [1.807, 2.05) is 11.6 Å². The maximum atomic E-state index is 12.5. The van der Waals surface area contributed by atoms with Crippen LogP contribution >= 0.6 is 34.4 Å². The highest BCUT2D eigenvalue weighted by Gasteiger charge is 2.19. The molecule has 0 atom stereocenters. The standard InChI is InChI=1S/C15H16N4O2S3/c1-8-11-14(17-7-19(2)15(11)21)24-12(8)13(20)16-4-9-5-23-10(18-9)6-22-3/h5,7H,4,6H2,1-3H3,(H,16,20). The van der Waals surface area contributed by atoms with Crippen molar-refractivity contribution in [3.63, 3.8) is 0 Å². The van der Waals surface area contributed by atoms with Crippen LogP contribution in [0.2, 0.25) is 0 Å². The summed E-state index contributed by atoms with van der Waals surface area (Å²) in [4.78, 5) is 34.5. The predicted molar refractivity (Wildman–Crippen MR) is 100 cm³/mol. The minimum absolute atomic E-state index is 0.131. The Morgan fingerprint density at radius 1 is 1.46 bits per heavy atom. The first-order valence-electron chi connectivity index (χ1n) is 7.16. The smallest absolute Gasteiger partial charge is 0.262 e. The maximum absolute atomic E-state index is 12.5. The first kappa shape index (κ1) is 17.1. The lowest BCUT2D eigenvalue weighted by Gasteiger charge is -2.02. The molecule has 0 saturated heterocycles. The van der Waals surface area contributed by atoms with Gasteiger partial charge in [0.2, 0.25) is 0 Å². The van der Waals surface area contributed by atoms with Crippen molar-refractivity contribution in [1.82, 2.24) is 19.9 Å². The van der Waals surface area contributed by atoms with Gasteiger partial charge in [0.05, 0.1) is 28.8 Å². The lowest BCUT2D eigenvalue weighted by molar-refractivity contribution is 0.0954. The quantitative estimate of drug-likeness (QED) is 0.736. The molecular weight excluding hydrogens is 364 g/mol. The van der Waals surface area contributed by atoms with Crippen LogP contribution in [0.3, 0.4) is 0 Å². The minimum Gasteiger partial charge on any atom is -0.346 e. The zero-order chi connectivity index (χ0) is 17.3. The molecule has 0 bridgehead atoms. The van der Waals surface area contributed by atoms with Gasteiger partial charge in [0.15, 0.2) is 0 Å². The van der Waals surface area contributed by atoms with Crippen molar-refractivity contribution in [3.05, 3.63) is 43.2 Å². The molecule has 0 radical (unpaired) electrons. The van der Waals surface area contributed by atoms with E-state index in [2.05, 4.69) is 15.3 Å². The summed E-state index contributed by atoms with van der Waals surface area (Å²) in [6.45, 7) is 2.17. The average Bonchev–Trinajstić information content (AvgIpc) is 3.14. The predicted octanol–water partition coefficient (Wildman–Crippen LogP) is 2.55. The van der Waals surface area contributed by atoms with E-state index < -0.39 is 0 Å². The van der Waals surface area contributed by atoms with Crippen molar-refractivity contribution in [3.8, 4) is 0 Å². The molecule has 6 nitrogen and oxygen atoms in total. The lowest BCUT2D eigenvalue weighted by Crippen LogP contribution is -2.23. The molecule has 24 heavy (non-hydrogen) atoms. The number of fused-ring (bicyclic) bond motifs is 1. The van der Waals surface area contributed by atoms with E-state index >= 15 is 0 Å². The fourth-order valence-corrected chi connectivity index (χ4v) is 4.87. The molecule has 3 aromatic heterocycles. The van der Waals surface area contributed by atoms with Crippen LogP contribution in [0.4, 0.5) is 0 Å². The van der Waals surface area contributed by atoms with E-state index in [-0.39, 0.29) is 11.5 Å². The minimum atomic E-state index is -0.197. The number of hydrogen-bond acceptors (Lipinski definition) is 7. The Labute approximate surface area is 151 Å². The van der Waals surface area contributed by atoms with Crippen molar-refractivity contribution >= 4 is 50.6 Å². The van der Waals surface area contributed by atoms with Gasteiger partial charge in [-0.25, -0.2) is 9.97 Å². The van der Waals surface area contributed by atoms with Gasteiger partial charge < -0.3 is 9.88 Å².